The van der Waals surface area contributed by atoms with Crippen molar-refractivity contribution in [3.05, 3.63) is 23.8 Å². The van der Waals surface area contributed by atoms with E-state index in [2.05, 4.69) is 0 Å². The Morgan fingerprint density at radius 3 is 2.75 bits per heavy atom. The highest BCUT2D eigenvalue weighted by molar-refractivity contribution is 6.05. The topological polar surface area (TPSA) is 90.7 Å². The molecular weight excluding hydrogens is 212 g/mol. The minimum Gasteiger partial charge on any atom is -0.486 e. The molecule has 1 aromatic carbocycles. The van der Waals surface area contributed by atoms with Crippen molar-refractivity contribution in [2.45, 2.75) is 0 Å². The zero-order valence-corrected chi connectivity index (χ0v) is 8.36. The molecule has 84 valence electrons. The second-order valence-corrected chi connectivity index (χ2v) is 3.15. The van der Waals surface area contributed by atoms with Gasteiger partial charge >= 0.3 is 6.03 Å². The van der Waals surface area contributed by atoms with Gasteiger partial charge in [-0.05, 0) is 12.1 Å². The Balaban J connectivity index is 2.33. The van der Waals surface area contributed by atoms with Gasteiger partial charge in [0.05, 0.1) is 5.56 Å². The molecule has 16 heavy (non-hydrogen) atoms. The van der Waals surface area contributed by atoms with Gasteiger partial charge < -0.3 is 15.2 Å². The lowest BCUT2D eigenvalue weighted by molar-refractivity contribution is 0.0955. The summed E-state index contributed by atoms with van der Waals surface area (Å²) in [6, 6.07) is 3.96. The molecule has 0 spiro atoms. The molecule has 0 radical (unpaired) electrons. The van der Waals surface area contributed by atoms with Crippen molar-refractivity contribution in [3.63, 3.8) is 0 Å². The van der Waals surface area contributed by atoms with Crippen molar-refractivity contribution < 1.29 is 19.1 Å². The molecule has 0 saturated heterocycles. The maximum absolute atomic E-state index is 11.6. The quantitative estimate of drug-likeness (QED) is 0.713. The van der Waals surface area contributed by atoms with E-state index in [-0.39, 0.29) is 5.56 Å². The number of imide groups is 1. The molecule has 1 aliphatic rings. The molecule has 0 bridgehead atoms. The largest absolute Gasteiger partial charge is 0.486 e. The van der Waals surface area contributed by atoms with Gasteiger partial charge in [-0.2, -0.15) is 0 Å². The van der Waals surface area contributed by atoms with E-state index in [1.807, 2.05) is 5.32 Å². The minimum absolute atomic E-state index is 0.232. The number of benzene rings is 1. The minimum atomic E-state index is -0.903. The number of para-hydroxylation sites is 1. The van der Waals surface area contributed by atoms with E-state index in [1.165, 1.54) is 6.07 Å². The summed E-state index contributed by atoms with van der Waals surface area (Å²) in [4.78, 5) is 22.1. The normalized spacial score (nSPS) is 13.0. The highest BCUT2D eigenvalue weighted by atomic mass is 16.6. The molecular formula is C10H10N2O4. The maximum Gasteiger partial charge on any atom is 0.319 e. The summed E-state index contributed by atoms with van der Waals surface area (Å²) in [6.45, 7) is 0.807. The Labute approximate surface area is 91.3 Å². The molecule has 0 atom stereocenters. The van der Waals surface area contributed by atoms with Crippen molar-refractivity contribution in [3.8, 4) is 11.5 Å². The number of fused-ring (bicyclic) bond motifs is 1. The van der Waals surface area contributed by atoms with Crippen molar-refractivity contribution in [1.29, 1.82) is 0 Å². The SMILES string of the molecule is NC(=O)NC(=O)c1cccc2c1OCCO2. The fourth-order valence-electron chi connectivity index (χ4n) is 1.43. The molecule has 0 saturated carbocycles. The molecule has 6 nitrogen and oxygen atoms in total. The molecule has 0 unspecified atom stereocenters. The standard InChI is InChI=1S/C10H10N2O4/c11-10(14)12-9(13)6-2-1-3-7-8(6)16-5-4-15-7/h1-3H,4-5H2,(H3,11,12,13,14). The number of carbonyl (C=O) groups excluding carboxylic acids is 2. The van der Waals surface area contributed by atoms with Crippen LogP contribution in [0.1, 0.15) is 10.4 Å². The molecule has 1 heterocycles. The van der Waals surface area contributed by atoms with Gasteiger partial charge in [-0.1, -0.05) is 6.07 Å². The van der Waals surface area contributed by atoms with E-state index in [0.29, 0.717) is 24.7 Å². The Kier molecular flexibility index (Phi) is 2.63. The van der Waals surface area contributed by atoms with E-state index in [1.54, 1.807) is 12.1 Å². The van der Waals surface area contributed by atoms with Gasteiger partial charge in [0.25, 0.3) is 5.91 Å². The van der Waals surface area contributed by atoms with E-state index < -0.39 is 11.9 Å². The van der Waals surface area contributed by atoms with Gasteiger partial charge in [0.15, 0.2) is 11.5 Å². The Hall–Kier alpha value is -2.24. The summed E-state index contributed by atoms with van der Waals surface area (Å²) in [6.07, 6.45) is 0. The molecule has 2 rings (SSSR count). The third-order valence-corrected chi connectivity index (χ3v) is 2.05. The highest BCUT2D eigenvalue weighted by Crippen LogP contribution is 2.33. The molecule has 3 amide bonds. The van der Waals surface area contributed by atoms with Crippen LogP contribution in [0.15, 0.2) is 18.2 Å². The summed E-state index contributed by atoms with van der Waals surface area (Å²) < 4.78 is 10.6. The average Bonchev–Trinajstić information content (AvgIpc) is 2.27. The highest BCUT2D eigenvalue weighted by Gasteiger charge is 2.20. The second kappa shape index (κ2) is 4.09. The number of hydrogen-bond acceptors (Lipinski definition) is 4. The predicted octanol–water partition coefficient (Wildman–Crippen LogP) is 0.266. The summed E-state index contributed by atoms with van der Waals surface area (Å²) in [5.74, 6) is 0.228. The number of ether oxygens (including phenoxy) is 2. The molecule has 0 aromatic heterocycles. The number of nitrogens with two attached hydrogens (primary N) is 1. The first-order valence-corrected chi connectivity index (χ1v) is 4.68. The van der Waals surface area contributed by atoms with Gasteiger partial charge in [0.2, 0.25) is 0 Å². The van der Waals surface area contributed by atoms with Gasteiger partial charge in [0.1, 0.15) is 13.2 Å². The van der Waals surface area contributed by atoms with Crippen LogP contribution < -0.4 is 20.5 Å². The fraction of sp³-hybridized carbons (Fsp3) is 0.200. The monoisotopic (exact) mass is 222 g/mol. The van der Waals surface area contributed by atoms with Crippen LogP contribution in [0.4, 0.5) is 4.79 Å². The van der Waals surface area contributed by atoms with E-state index in [9.17, 15) is 9.59 Å². The first-order chi connectivity index (χ1) is 7.68. The number of nitrogens with one attached hydrogen (secondary N) is 1. The maximum atomic E-state index is 11.6. The lowest BCUT2D eigenvalue weighted by Gasteiger charge is -2.20. The fourth-order valence-corrected chi connectivity index (χ4v) is 1.43. The van der Waals surface area contributed by atoms with Crippen molar-refractivity contribution in [2.75, 3.05) is 13.2 Å². The van der Waals surface area contributed by atoms with Crippen LogP contribution in [-0.2, 0) is 0 Å². The summed E-state index contributed by atoms with van der Waals surface area (Å²) in [7, 11) is 0. The second-order valence-electron chi connectivity index (χ2n) is 3.15. The third kappa shape index (κ3) is 1.90. The Morgan fingerprint density at radius 2 is 2.00 bits per heavy atom. The van der Waals surface area contributed by atoms with Crippen LogP contribution >= 0.6 is 0 Å². The van der Waals surface area contributed by atoms with Crippen LogP contribution in [0.25, 0.3) is 0 Å². The smallest absolute Gasteiger partial charge is 0.319 e. The molecule has 1 aliphatic heterocycles. The lowest BCUT2D eigenvalue weighted by Crippen LogP contribution is -2.35. The molecule has 0 aliphatic carbocycles. The third-order valence-electron chi connectivity index (χ3n) is 2.05. The molecule has 3 N–H and O–H groups in total. The van der Waals surface area contributed by atoms with Crippen LogP contribution in [0.5, 0.6) is 11.5 Å². The van der Waals surface area contributed by atoms with Crippen molar-refractivity contribution in [1.82, 2.24) is 5.32 Å². The van der Waals surface area contributed by atoms with Gasteiger partial charge in [-0.3, -0.25) is 10.1 Å². The Morgan fingerprint density at radius 1 is 1.25 bits per heavy atom. The molecule has 0 fully saturated rings. The summed E-state index contributed by atoms with van der Waals surface area (Å²) in [5.41, 5.74) is 5.10. The average molecular weight is 222 g/mol. The lowest BCUT2D eigenvalue weighted by atomic mass is 10.1. The van der Waals surface area contributed by atoms with Crippen LogP contribution in [-0.4, -0.2) is 25.2 Å². The Bertz CT molecular complexity index is 444. The molecule has 6 heteroatoms. The summed E-state index contributed by atoms with van der Waals surface area (Å²) >= 11 is 0. The first-order valence-electron chi connectivity index (χ1n) is 4.68. The number of hydrogen-bond donors (Lipinski definition) is 2. The van der Waals surface area contributed by atoms with Crippen molar-refractivity contribution in [2.24, 2.45) is 5.73 Å². The van der Waals surface area contributed by atoms with Crippen LogP contribution in [0, 0.1) is 0 Å². The zero-order chi connectivity index (χ0) is 11.5. The summed E-state index contributed by atoms with van der Waals surface area (Å²) in [5, 5.41) is 1.97. The van der Waals surface area contributed by atoms with Crippen LogP contribution in [0.2, 0.25) is 0 Å². The van der Waals surface area contributed by atoms with Gasteiger partial charge in [-0.25, -0.2) is 4.79 Å². The van der Waals surface area contributed by atoms with Gasteiger partial charge in [0, 0.05) is 0 Å². The number of carbonyl (C=O) groups is 2. The number of amides is 3. The van der Waals surface area contributed by atoms with E-state index in [4.69, 9.17) is 15.2 Å². The first kappa shape index (κ1) is 10.3. The predicted molar refractivity (Wildman–Crippen MR) is 54.5 cm³/mol. The number of primary amides is 1. The van der Waals surface area contributed by atoms with Crippen LogP contribution in [0.3, 0.4) is 0 Å². The number of urea groups is 1. The molecule has 1 aromatic rings. The van der Waals surface area contributed by atoms with E-state index >= 15 is 0 Å². The van der Waals surface area contributed by atoms with Gasteiger partial charge in [-0.15, -0.1) is 0 Å². The van der Waals surface area contributed by atoms with Crippen molar-refractivity contribution >= 4 is 11.9 Å². The number of rotatable bonds is 1. The zero-order valence-electron chi connectivity index (χ0n) is 8.36. The van der Waals surface area contributed by atoms with E-state index in [0.717, 1.165) is 0 Å².